The van der Waals surface area contributed by atoms with Gasteiger partial charge in [-0.05, 0) is 51.4 Å². The first-order valence-electron chi connectivity index (χ1n) is 34.2. The Kier molecular flexibility index (Phi) is 61.4. The van der Waals surface area contributed by atoms with Gasteiger partial charge in [-0.25, -0.2) is 4.57 Å². The minimum Gasteiger partial charge on any atom is -0.462 e. The van der Waals surface area contributed by atoms with Crippen LogP contribution in [0, 0.1) is 0 Å². The topological polar surface area (TPSA) is 155 Å². The Bertz CT molecular complexity index is 1440. The quantitative estimate of drug-likeness (QED) is 0.0197. The molecule has 0 aromatic carbocycles. The Morgan fingerprint density at radius 1 is 0.350 bits per heavy atom. The van der Waals surface area contributed by atoms with Crippen LogP contribution in [0.15, 0.2) is 24.3 Å². The molecular formula is C68H129O11P. The zero-order valence-electron chi connectivity index (χ0n) is 52.6. The van der Waals surface area contributed by atoms with Crippen LogP contribution in [-0.2, 0) is 42.2 Å². The number of phosphoric ester groups is 1. The summed E-state index contributed by atoms with van der Waals surface area (Å²) >= 11 is 0. The molecule has 3 unspecified atom stereocenters. The van der Waals surface area contributed by atoms with Crippen LogP contribution >= 0.6 is 7.82 Å². The number of carbonyl (C=O) groups is 3. The van der Waals surface area contributed by atoms with Gasteiger partial charge in [0.15, 0.2) is 6.10 Å². The van der Waals surface area contributed by atoms with Crippen LogP contribution < -0.4 is 0 Å². The molecule has 0 aliphatic heterocycles. The van der Waals surface area contributed by atoms with Gasteiger partial charge < -0.3 is 24.2 Å². The SMILES string of the molecule is CCCCC/C=C\C/C=C\CCCCCCCCCCCC(=O)OC(COC(=O)CCCCCCCCCCCCCCCCCCC)COP(=O)(O)OCC(CO)OC(=O)CCCCCCCCCCCCCCCCCCC. The van der Waals surface area contributed by atoms with Gasteiger partial charge in [-0.2, -0.15) is 0 Å². The van der Waals surface area contributed by atoms with Crippen LogP contribution in [0.25, 0.3) is 0 Å². The van der Waals surface area contributed by atoms with Gasteiger partial charge in [0, 0.05) is 19.3 Å². The van der Waals surface area contributed by atoms with E-state index >= 15 is 0 Å². The number of carbonyl (C=O) groups excluding carboxylic acids is 3. The molecule has 0 amide bonds. The molecule has 11 nitrogen and oxygen atoms in total. The number of rotatable bonds is 65. The number of aliphatic hydroxyl groups is 1. The first-order valence-corrected chi connectivity index (χ1v) is 35.7. The van der Waals surface area contributed by atoms with E-state index in [0.717, 1.165) is 70.6 Å². The molecular weight excluding hydrogens is 1020 g/mol. The summed E-state index contributed by atoms with van der Waals surface area (Å²) in [6, 6.07) is 0. The second kappa shape index (κ2) is 63.0. The fourth-order valence-corrected chi connectivity index (χ4v) is 10.9. The summed E-state index contributed by atoms with van der Waals surface area (Å²) in [5.41, 5.74) is 0. The molecule has 0 rings (SSSR count). The van der Waals surface area contributed by atoms with Crippen molar-refractivity contribution in [2.45, 2.75) is 367 Å². The van der Waals surface area contributed by atoms with E-state index in [0.29, 0.717) is 19.3 Å². The zero-order chi connectivity index (χ0) is 58.3. The van der Waals surface area contributed by atoms with Crippen LogP contribution in [0.4, 0.5) is 0 Å². The van der Waals surface area contributed by atoms with E-state index < -0.39 is 57.8 Å². The third kappa shape index (κ3) is 60.5. The van der Waals surface area contributed by atoms with E-state index in [4.69, 9.17) is 23.3 Å². The van der Waals surface area contributed by atoms with Crippen molar-refractivity contribution in [1.29, 1.82) is 0 Å². The van der Waals surface area contributed by atoms with Gasteiger partial charge in [0.25, 0.3) is 0 Å². The molecule has 80 heavy (non-hydrogen) atoms. The van der Waals surface area contributed by atoms with E-state index in [1.807, 2.05) is 0 Å². The highest BCUT2D eigenvalue weighted by Crippen LogP contribution is 2.43. The maximum absolute atomic E-state index is 13.0. The van der Waals surface area contributed by atoms with Crippen molar-refractivity contribution < 1.29 is 52.2 Å². The highest BCUT2D eigenvalue weighted by Gasteiger charge is 2.28. The molecule has 12 heteroatoms. The van der Waals surface area contributed by atoms with E-state index in [9.17, 15) is 28.9 Å². The lowest BCUT2D eigenvalue weighted by molar-refractivity contribution is -0.161. The molecule has 2 N–H and O–H groups in total. The Hall–Kier alpha value is -2.04. The van der Waals surface area contributed by atoms with Crippen molar-refractivity contribution in [2.24, 2.45) is 0 Å². The Balaban J connectivity index is 4.63. The van der Waals surface area contributed by atoms with Gasteiger partial charge in [0.2, 0.25) is 0 Å². The number of hydrogen-bond donors (Lipinski definition) is 2. The van der Waals surface area contributed by atoms with Crippen molar-refractivity contribution in [3.63, 3.8) is 0 Å². The molecule has 0 radical (unpaired) electrons. The highest BCUT2D eigenvalue weighted by atomic mass is 31.2. The number of aliphatic hydroxyl groups excluding tert-OH is 1. The summed E-state index contributed by atoms with van der Waals surface area (Å²) in [6.45, 7) is 4.72. The molecule has 0 saturated heterocycles. The maximum Gasteiger partial charge on any atom is 0.472 e. The lowest BCUT2D eigenvalue weighted by atomic mass is 10.0. The van der Waals surface area contributed by atoms with Crippen molar-refractivity contribution in [3.8, 4) is 0 Å². The average molecular weight is 1150 g/mol. The fraction of sp³-hybridized carbons (Fsp3) is 0.897. The molecule has 0 aromatic heterocycles. The fourth-order valence-electron chi connectivity index (χ4n) is 10.2. The minimum absolute atomic E-state index is 0.169. The smallest absolute Gasteiger partial charge is 0.462 e. The second-order valence-corrected chi connectivity index (χ2v) is 24.8. The molecule has 0 aliphatic carbocycles. The summed E-state index contributed by atoms with van der Waals surface area (Å²) in [6.07, 6.45) is 66.9. The Morgan fingerprint density at radius 3 is 0.950 bits per heavy atom. The van der Waals surface area contributed by atoms with Crippen molar-refractivity contribution >= 4 is 25.7 Å². The highest BCUT2D eigenvalue weighted by molar-refractivity contribution is 7.47. The molecule has 3 atom stereocenters. The van der Waals surface area contributed by atoms with E-state index in [1.54, 1.807) is 0 Å². The number of hydrogen-bond acceptors (Lipinski definition) is 10. The number of phosphoric acid groups is 1. The average Bonchev–Trinajstić information content (AvgIpc) is 3.45. The molecule has 0 fully saturated rings. The van der Waals surface area contributed by atoms with Crippen LogP contribution in [-0.4, -0.2) is 66.5 Å². The third-order valence-corrected chi connectivity index (χ3v) is 16.3. The Morgan fingerprint density at radius 2 is 0.613 bits per heavy atom. The van der Waals surface area contributed by atoms with Gasteiger partial charge in [-0.3, -0.25) is 23.4 Å². The molecule has 0 bridgehead atoms. The molecule has 0 aromatic rings. The summed E-state index contributed by atoms with van der Waals surface area (Å²) in [5.74, 6) is -1.43. The van der Waals surface area contributed by atoms with Crippen molar-refractivity contribution in [3.05, 3.63) is 24.3 Å². The Labute approximate surface area is 493 Å². The predicted octanol–water partition coefficient (Wildman–Crippen LogP) is 20.9. The first kappa shape index (κ1) is 78.0. The standard InChI is InChI=1S/C68H129O11P/c1-4-7-10-13-16-19-22-25-28-31-32-35-38-41-44-47-50-53-56-59-68(72)79-65(61-75-66(70)57-54-51-48-45-42-39-36-33-29-26-23-20-17-14-11-8-5-2)63-77-80(73,74)76-62-64(60-69)78-67(71)58-55-52-49-46-43-40-37-34-30-27-24-21-18-15-12-9-6-3/h16,19,25,28,64-65,69H,4-15,17-18,20-24,26-27,29-63H2,1-3H3,(H,73,74)/b19-16-,28-25-. The van der Waals surface area contributed by atoms with Crippen molar-refractivity contribution in [1.82, 2.24) is 0 Å². The zero-order valence-corrected chi connectivity index (χ0v) is 53.5. The lowest BCUT2D eigenvalue weighted by Gasteiger charge is -2.21. The summed E-state index contributed by atoms with van der Waals surface area (Å²) < 4.78 is 39.8. The summed E-state index contributed by atoms with van der Waals surface area (Å²) in [5, 5.41) is 9.87. The van der Waals surface area contributed by atoms with Crippen molar-refractivity contribution in [2.75, 3.05) is 26.4 Å². The van der Waals surface area contributed by atoms with Gasteiger partial charge in [0.05, 0.1) is 19.8 Å². The largest absolute Gasteiger partial charge is 0.472 e. The van der Waals surface area contributed by atoms with Gasteiger partial charge in [-0.1, -0.05) is 308 Å². The van der Waals surface area contributed by atoms with Crippen LogP contribution in [0.3, 0.4) is 0 Å². The number of esters is 3. The summed E-state index contributed by atoms with van der Waals surface area (Å²) in [4.78, 5) is 48.8. The van der Waals surface area contributed by atoms with Gasteiger partial charge in [-0.15, -0.1) is 0 Å². The monoisotopic (exact) mass is 1150 g/mol. The second-order valence-electron chi connectivity index (χ2n) is 23.4. The summed E-state index contributed by atoms with van der Waals surface area (Å²) in [7, 11) is -4.75. The van der Waals surface area contributed by atoms with Crippen LogP contribution in [0.1, 0.15) is 355 Å². The number of allylic oxidation sites excluding steroid dienone is 4. The normalized spacial score (nSPS) is 13.3. The number of unbranched alkanes of at least 4 members (excludes halogenated alkanes) is 44. The van der Waals surface area contributed by atoms with Gasteiger partial charge >= 0.3 is 25.7 Å². The maximum atomic E-state index is 13.0. The van der Waals surface area contributed by atoms with E-state index in [-0.39, 0.29) is 25.9 Å². The third-order valence-electron chi connectivity index (χ3n) is 15.4. The molecule has 0 saturated carbocycles. The van der Waals surface area contributed by atoms with Crippen LogP contribution in [0.5, 0.6) is 0 Å². The molecule has 0 aliphatic rings. The number of ether oxygens (including phenoxy) is 3. The lowest BCUT2D eigenvalue weighted by Crippen LogP contribution is -2.30. The first-order chi connectivity index (χ1) is 39.2. The molecule has 0 heterocycles. The van der Waals surface area contributed by atoms with Crippen LogP contribution in [0.2, 0.25) is 0 Å². The minimum atomic E-state index is -4.75. The van der Waals surface area contributed by atoms with Gasteiger partial charge in [0.1, 0.15) is 12.7 Å². The molecule has 0 spiro atoms. The van der Waals surface area contributed by atoms with E-state index in [1.165, 1.54) is 225 Å². The molecule has 472 valence electrons. The predicted molar refractivity (Wildman–Crippen MR) is 335 cm³/mol. The van der Waals surface area contributed by atoms with E-state index in [2.05, 4.69) is 45.1 Å².